The van der Waals surface area contributed by atoms with Gasteiger partial charge in [-0.05, 0) is 16.0 Å². The average molecular weight is 346 g/mol. The van der Waals surface area contributed by atoms with E-state index in [0.29, 0.717) is 23.7 Å². The lowest BCUT2D eigenvalue weighted by molar-refractivity contribution is -0.389. The van der Waals surface area contributed by atoms with E-state index in [4.69, 9.17) is 4.74 Å². The molecule has 2 aromatic heterocycles. The van der Waals surface area contributed by atoms with Crippen molar-refractivity contribution < 1.29 is 22.8 Å². The van der Waals surface area contributed by atoms with Crippen molar-refractivity contribution in [2.45, 2.75) is 24.0 Å². The van der Waals surface area contributed by atoms with E-state index in [0.717, 1.165) is 12.1 Å². The highest BCUT2D eigenvalue weighted by Gasteiger charge is 2.31. The van der Waals surface area contributed by atoms with E-state index >= 15 is 0 Å². The van der Waals surface area contributed by atoms with Crippen LogP contribution >= 0.6 is 11.8 Å². The molecule has 1 atom stereocenters. The Labute approximate surface area is 131 Å². The Bertz CT molecular complexity index is 732. The third-order valence-corrected chi connectivity index (χ3v) is 4.19. The fourth-order valence-corrected chi connectivity index (χ4v) is 2.98. The molecule has 3 rings (SSSR count). The summed E-state index contributed by atoms with van der Waals surface area (Å²) in [4.78, 5) is 17.6. The summed E-state index contributed by atoms with van der Waals surface area (Å²) in [5, 5.41) is 11.2. The number of aromatic nitrogens is 3. The minimum Gasteiger partial charge on any atom is -0.472 e. The monoisotopic (exact) mass is 346 g/mol. The van der Waals surface area contributed by atoms with Crippen LogP contribution in [0.4, 0.5) is 19.0 Å². The van der Waals surface area contributed by atoms with Gasteiger partial charge in [-0.3, -0.25) is 4.57 Å². The number of nitrogens with zero attached hydrogens (tertiary/aromatic N) is 4. The second-order valence-electron chi connectivity index (χ2n) is 4.72. The summed E-state index contributed by atoms with van der Waals surface area (Å²) in [5.74, 6) is 0.291. The topological polar surface area (TPSA) is 83.1 Å². The molecule has 2 aromatic rings. The van der Waals surface area contributed by atoms with Crippen LogP contribution in [0.3, 0.4) is 0 Å². The fourth-order valence-electron chi connectivity index (χ4n) is 2.02. The summed E-state index contributed by atoms with van der Waals surface area (Å²) < 4.78 is 44.5. The van der Waals surface area contributed by atoms with Crippen molar-refractivity contribution in [3.05, 3.63) is 40.2 Å². The molecule has 122 valence electrons. The molecule has 0 radical (unpaired) electrons. The highest BCUT2D eigenvalue weighted by molar-refractivity contribution is 7.99. The molecule has 0 aromatic carbocycles. The van der Waals surface area contributed by atoms with E-state index in [2.05, 4.69) is 9.97 Å². The number of thioether (sulfide) groups is 1. The quantitative estimate of drug-likeness (QED) is 0.628. The largest absolute Gasteiger partial charge is 0.472 e. The molecule has 0 saturated heterocycles. The van der Waals surface area contributed by atoms with Crippen molar-refractivity contribution >= 4 is 17.6 Å². The van der Waals surface area contributed by atoms with E-state index in [1.54, 1.807) is 4.57 Å². The van der Waals surface area contributed by atoms with Crippen molar-refractivity contribution in [1.82, 2.24) is 14.5 Å². The van der Waals surface area contributed by atoms with Gasteiger partial charge >= 0.3 is 12.0 Å². The highest BCUT2D eigenvalue weighted by Crippen LogP contribution is 2.31. The fraction of sp³-hybridized carbons (Fsp3) is 0.333. The lowest BCUT2D eigenvalue weighted by Gasteiger charge is -2.22. The molecule has 0 spiro atoms. The van der Waals surface area contributed by atoms with Crippen LogP contribution in [-0.2, 0) is 12.7 Å². The summed E-state index contributed by atoms with van der Waals surface area (Å²) in [5.41, 5.74) is -0.851. The van der Waals surface area contributed by atoms with E-state index in [1.165, 1.54) is 18.0 Å². The SMILES string of the molecule is O=[N+]([O-])c1cn2c(n1)SCC(Oc1ccc(C(F)(F)F)cn1)C2. The Balaban J connectivity index is 1.68. The van der Waals surface area contributed by atoms with E-state index in [9.17, 15) is 23.3 Å². The van der Waals surface area contributed by atoms with Crippen LogP contribution in [0.25, 0.3) is 0 Å². The Morgan fingerprint density at radius 1 is 1.43 bits per heavy atom. The van der Waals surface area contributed by atoms with Crippen LogP contribution < -0.4 is 4.74 Å². The number of fused-ring (bicyclic) bond motifs is 1. The van der Waals surface area contributed by atoms with Crippen LogP contribution in [0.1, 0.15) is 5.56 Å². The van der Waals surface area contributed by atoms with Gasteiger partial charge in [0.15, 0.2) is 0 Å². The molecule has 1 unspecified atom stereocenters. The molecule has 7 nitrogen and oxygen atoms in total. The second-order valence-corrected chi connectivity index (χ2v) is 5.71. The van der Waals surface area contributed by atoms with E-state index in [1.807, 2.05) is 0 Å². The number of ether oxygens (including phenoxy) is 1. The zero-order valence-corrected chi connectivity index (χ0v) is 12.2. The second kappa shape index (κ2) is 5.72. The van der Waals surface area contributed by atoms with Gasteiger partial charge in [-0.15, -0.1) is 0 Å². The molecule has 11 heteroatoms. The first-order valence-corrected chi connectivity index (χ1v) is 7.36. The van der Waals surface area contributed by atoms with Crippen LogP contribution in [0.5, 0.6) is 5.88 Å². The Kier molecular flexibility index (Phi) is 3.88. The molecule has 0 bridgehead atoms. The molecule has 0 amide bonds. The van der Waals surface area contributed by atoms with Crippen molar-refractivity contribution in [3.8, 4) is 5.88 Å². The summed E-state index contributed by atoms with van der Waals surface area (Å²) in [6, 6.07) is 2.05. The van der Waals surface area contributed by atoms with Crippen LogP contribution in [0.15, 0.2) is 29.7 Å². The maximum absolute atomic E-state index is 12.5. The number of halogens is 3. The first kappa shape index (κ1) is 15.6. The Morgan fingerprint density at radius 3 is 2.83 bits per heavy atom. The number of hydrogen-bond donors (Lipinski definition) is 0. The van der Waals surface area contributed by atoms with Crippen LogP contribution in [0, 0.1) is 10.1 Å². The summed E-state index contributed by atoms with van der Waals surface area (Å²) in [6.45, 7) is 0.311. The predicted molar refractivity (Wildman–Crippen MR) is 73.3 cm³/mol. The summed E-state index contributed by atoms with van der Waals surface area (Å²) >= 11 is 1.28. The minimum absolute atomic E-state index is 0.0710. The van der Waals surface area contributed by atoms with Crippen molar-refractivity contribution in [2.75, 3.05) is 5.75 Å². The maximum atomic E-state index is 12.5. The molecule has 1 aliphatic heterocycles. The third kappa shape index (κ3) is 3.38. The molecule has 1 aliphatic rings. The highest BCUT2D eigenvalue weighted by atomic mass is 32.2. The zero-order chi connectivity index (χ0) is 16.6. The number of hydrogen-bond acceptors (Lipinski definition) is 6. The number of imidazole rings is 1. The van der Waals surface area contributed by atoms with Gasteiger partial charge in [-0.1, -0.05) is 11.8 Å². The summed E-state index contributed by atoms with van der Waals surface area (Å²) in [6.07, 6.45) is -2.81. The number of pyridine rings is 1. The van der Waals surface area contributed by atoms with Gasteiger partial charge in [0.05, 0.1) is 12.1 Å². The molecule has 0 N–H and O–H groups in total. The molecule has 0 fully saturated rings. The summed E-state index contributed by atoms with van der Waals surface area (Å²) in [7, 11) is 0. The Hall–Kier alpha value is -2.30. The van der Waals surface area contributed by atoms with Crippen LogP contribution in [0.2, 0.25) is 0 Å². The smallest absolute Gasteiger partial charge is 0.417 e. The molecule has 3 heterocycles. The number of alkyl halides is 3. The van der Waals surface area contributed by atoms with Gasteiger partial charge in [0.25, 0.3) is 5.16 Å². The lowest BCUT2D eigenvalue weighted by atomic mass is 10.3. The first-order valence-electron chi connectivity index (χ1n) is 6.37. The van der Waals surface area contributed by atoms with Gasteiger partial charge in [-0.2, -0.15) is 13.2 Å². The van der Waals surface area contributed by atoms with Gasteiger partial charge < -0.3 is 14.9 Å². The standard InChI is InChI=1S/C12H9F3N4O3S/c13-12(14,15)7-1-2-10(16-3-7)22-8-4-18-5-9(19(20)21)17-11(18)23-6-8/h1-3,5,8H,4,6H2. The molecular formula is C12H9F3N4O3S. The number of nitro groups is 1. The van der Waals surface area contributed by atoms with Gasteiger partial charge in [0.2, 0.25) is 5.88 Å². The molecular weight excluding hydrogens is 337 g/mol. The maximum Gasteiger partial charge on any atom is 0.417 e. The van der Waals surface area contributed by atoms with Gasteiger partial charge in [0, 0.05) is 18.0 Å². The molecule has 23 heavy (non-hydrogen) atoms. The van der Waals surface area contributed by atoms with E-state index in [-0.39, 0.29) is 17.8 Å². The van der Waals surface area contributed by atoms with Gasteiger partial charge in [0.1, 0.15) is 12.3 Å². The van der Waals surface area contributed by atoms with Crippen molar-refractivity contribution in [3.63, 3.8) is 0 Å². The number of rotatable bonds is 3. The van der Waals surface area contributed by atoms with Crippen molar-refractivity contribution in [2.24, 2.45) is 0 Å². The molecule has 0 saturated carbocycles. The zero-order valence-electron chi connectivity index (χ0n) is 11.4. The van der Waals surface area contributed by atoms with Gasteiger partial charge in [-0.25, -0.2) is 4.98 Å². The van der Waals surface area contributed by atoms with E-state index < -0.39 is 16.7 Å². The predicted octanol–water partition coefficient (Wildman–Crippen LogP) is 2.76. The normalized spacial score (nSPS) is 17.6. The first-order chi connectivity index (χ1) is 10.8. The minimum atomic E-state index is -4.45. The molecule has 0 aliphatic carbocycles. The van der Waals surface area contributed by atoms with Crippen LogP contribution in [-0.4, -0.2) is 31.3 Å². The van der Waals surface area contributed by atoms with Crippen molar-refractivity contribution in [1.29, 1.82) is 0 Å². The Morgan fingerprint density at radius 2 is 2.22 bits per heavy atom. The lowest BCUT2D eigenvalue weighted by Crippen LogP contribution is -2.29. The average Bonchev–Trinajstić information content (AvgIpc) is 2.90. The third-order valence-electron chi connectivity index (χ3n) is 3.06.